The predicted octanol–water partition coefficient (Wildman–Crippen LogP) is 3.57. The summed E-state index contributed by atoms with van der Waals surface area (Å²) >= 11 is 0. The number of carbonyl (C=O) groups excluding carboxylic acids is 1. The number of methoxy groups -OCH3 is 2. The molecule has 0 aromatic heterocycles. The first-order valence-corrected chi connectivity index (χ1v) is 5.49. The highest BCUT2D eigenvalue weighted by molar-refractivity contribution is 5.76. The molecule has 0 unspecified atom stereocenters. The molecule has 0 N–H and O–H groups in total. The number of hydrogen-bond acceptors (Lipinski definition) is 3. The Morgan fingerprint density at radius 2 is 1.44 bits per heavy atom. The van der Waals surface area contributed by atoms with Gasteiger partial charge in [-0.15, -0.1) is 0 Å². The average molecular weight is 226 g/mol. The largest absolute Gasteiger partial charge is 0.493 e. The molecule has 16 heavy (non-hydrogen) atoms. The minimum absolute atomic E-state index is 0.571. The van der Waals surface area contributed by atoms with Crippen LogP contribution in [0.5, 0.6) is 11.5 Å². The molecule has 1 rings (SSSR count). The molecule has 92 valence electrons. The van der Waals surface area contributed by atoms with Crippen LogP contribution in [-0.2, 0) is 0 Å². The summed E-state index contributed by atoms with van der Waals surface area (Å²) in [5.41, 5.74) is 0.577. The molecule has 0 saturated carbocycles. The Morgan fingerprint density at radius 1 is 0.938 bits per heavy atom. The molecule has 3 heteroatoms. The van der Waals surface area contributed by atoms with Crippen LogP contribution in [-0.4, -0.2) is 20.5 Å². The van der Waals surface area contributed by atoms with E-state index < -0.39 is 0 Å². The fraction of sp³-hybridized carbons (Fsp3) is 0.462. The maximum Gasteiger partial charge on any atom is 0.161 e. The van der Waals surface area contributed by atoms with Gasteiger partial charge in [-0.25, -0.2) is 0 Å². The van der Waals surface area contributed by atoms with E-state index in [1.54, 1.807) is 25.3 Å². The van der Waals surface area contributed by atoms with Gasteiger partial charge >= 0.3 is 0 Å². The maximum absolute atomic E-state index is 10.4. The highest BCUT2D eigenvalue weighted by Crippen LogP contribution is 2.26. The fourth-order valence-electron chi connectivity index (χ4n) is 0.926. The lowest BCUT2D eigenvalue weighted by atomic mass is 10.2. The molecule has 0 amide bonds. The molecule has 1 aromatic carbocycles. The number of benzene rings is 1. The van der Waals surface area contributed by atoms with E-state index in [1.165, 1.54) is 7.11 Å². The Morgan fingerprint density at radius 3 is 1.81 bits per heavy atom. The Kier molecular flexibility index (Phi) is 12.2. The monoisotopic (exact) mass is 226 g/mol. The van der Waals surface area contributed by atoms with Crippen molar-refractivity contribution >= 4 is 6.29 Å². The first-order chi connectivity index (χ1) is 7.81. The predicted molar refractivity (Wildman–Crippen MR) is 67.6 cm³/mol. The van der Waals surface area contributed by atoms with Crippen molar-refractivity contribution in [1.29, 1.82) is 0 Å². The molecule has 0 heterocycles. The Hall–Kier alpha value is -1.51. The molecule has 0 radical (unpaired) electrons. The normalized spacial score (nSPS) is 7.62. The molecule has 0 atom stereocenters. The van der Waals surface area contributed by atoms with Crippen LogP contribution in [0.15, 0.2) is 18.2 Å². The molecule has 3 nitrogen and oxygen atoms in total. The van der Waals surface area contributed by atoms with E-state index in [-0.39, 0.29) is 0 Å². The third kappa shape index (κ3) is 5.39. The lowest BCUT2D eigenvalue weighted by Gasteiger charge is -2.06. The topological polar surface area (TPSA) is 35.5 Å². The summed E-state index contributed by atoms with van der Waals surface area (Å²) in [5.74, 6) is 1.20. The standard InChI is InChI=1S/C9H10O3.2C2H6/c1-11-8-4-3-7(6-10)5-9(8)12-2;2*1-2/h3-6H,1-2H3;2*1-2H3. The Labute approximate surface area is 98.4 Å². The van der Waals surface area contributed by atoms with Crippen molar-refractivity contribution in [3.63, 3.8) is 0 Å². The second-order valence-corrected chi connectivity index (χ2v) is 2.23. The second kappa shape index (κ2) is 11.6. The van der Waals surface area contributed by atoms with Crippen LogP contribution in [0.1, 0.15) is 38.1 Å². The van der Waals surface area contributed by atoms with Crippen molar-refractivity contribution in [2.75, 3.05) is 14.2 Å². The summed E-state index contributed by atoms with van der Waals surface area (Å²) in [6, 6.07) is 5.00. The number of carbonyl (C=O) groups is 1. The number of aldehydes is 1. The minimum Gasteiger partial charge on any atom is -0.493 e. The van der Waals surface area contributed by atoms with Crippen LogP contribution in [0.2, 0.25) is 0 Å². The van der Waals surface area contributed by atoms with E-state index in [0.29, 0.717) is 17.1 Å². The van der Waals surface area contributed by atoms with Crippen molar-refractivity contribution < 1.29 is 14.3 Å². The van der Waals surface area contributed by atoms with Crippen molar-refractivity contribution in [2.45, 2.75) is 27.7 Å². The summed E-state index contributed by atoms with van der Waals surface area (Å²) in [5, 5.41) is 0. The van der Waals surface area contributed by atoms with Crippen LogP contribution >= 0.6 is 0 Å². The first kappa shape index (κ1) is 16.9. The molecule has 0 fully saturated rings. The van der Waals surface area contributed by atoms with Crippen LogP contribution in [0, 0.1) is 0 Å². The summed E-state index contributed by atoms with van der Waals surface area (Å²) in [4.78, 5) is 10.4. The first-order valence-electron chi connectivity index (χ1n) is 5.49. The fourth-order valence-corrected chi connectivity index (χ4v) is 0.926. The highest BCUT2D eigenvalue weighted by Gasteiger charge is 2.02. The van der Waals surface area contributed by atoms with Gasteiger partial charge in [0.1, 0.15) is 6.29 Å². The zero-order valence-electron chi connectivity index (χ0n) is 11.0. The van der Waals surface area contributed by atoms with Crippen molar-refractivity contribution in [1.82, 2.24) is 0 Å². The molecule has 0 aliphatic heterocycles. The average Bonchev–Trinajstić information content (AvgIpc) is 2.42. The van der Waals surface area contributed by atoms with E-state index in [9.17, 15) is 4.79 Å². The van der Waals surface area contributed by atoms with Crippen molar-refractivity contribution in [3.8, 4) is 11.5 Å². The highest BCUT2D eigenvalue weighted by atomic mass is 16.5. The van der Waals surface area contributed by atoms with E-state index in [0.717, 1.165) is 6.29 Å². The summed E-state index contributed by atoms with van der Waals surface area (Å²) in [7, 11) is 3.09. The molecule has 0 saturated heterocycles. The van der Waals surface area contributed by atoms with Gasteiger partial charge in [-0.3, -0.25) is 4.79 Å². The minimum atomic E-state index is 0.571. The van der Waals surface area contributed by atoms with Crippen molar-refractivity contribution in [3.05, 3.63) is 23.8 Å². The quantitative estimate of drug-likeness (QED) is 0.739. The smallest absolute Gasteiger partial charge is 0.161 e. The third-order valence-corrected chi connectivity index (χ3v) is 1.54. The zero-order valence-corrected chi connectivity index (χ0v) is 11.0. The van der Waals surface area contributed by atoms with Gasteiger partial charge in [0.25, 0.3) is 0 Å². The molecular formula is C13H22O3. The van der Waals surface area contributed by atoms with E-state index >= 15 is 0 Å². The van der Waals surface area contributed by atoms with E-state index in [4.69, 9.17) is 9.47 Å². The van der Waals surface area contributed by atoms with Crippen LogP contribution in [0.3, 0.4) is 0 Å². The SMILES string of the molecule is CC.CC.COc1ccc(C=O)cc1OC. The summed E-state index contributed by atoms with van der Waals surface area (Å²) in [6.45, 7) is 8.00. The van der Waals surface area contributed by atoms with Crippen LogP contribution in [0.4, 0.5) is 0 Å². The van der Waals surface area contributed by atoms with Crippen LogP contribution in [0.25, 0.3) is 0 Å². The number of rotatable bonds is 3. The lowest BCUT2D eigenvalue weighted by molar-refractivity contribution is 0.112. The summed E-state index contributed by atoms with van der Waals surface area (Å²) < 4.78 is 9.99. The van der Waals surface area contributed by atoms with Gasteiger partial charge in [-0.2, -0.15) is 0 Å². The number of hydrogen-bond donors (Lipinski definition) is 0. The van der Waals surface area contributed by atoms with Gasteiger partial charge < -0.3 is 9.47 Å². The van der Waals surface area contributed by atoms with Gasteiger partial charge in [0, 0.05) is 5.56 Å². The van der Waals surface area contributed by atoms with Crippen LogP contribution < -0.4 is 9.47 Å². The molecule has 0 bridgehead atoms. The van der Waals surface area contributed by atoms with Gasteiger partial charge in [-0.05, 0) is 18.2 Å². The molecule has 0 spiro atoms. The molecular weight excluding hydrogens is 204 g/mol. The van der Waals surface area contributed by atoms with E-state index in [2.05, 4.69) is 0 Å². The number of ether oxygens (including phenoxy) is 2. The van der Waals surface area contributed by atoms with E-state index in [1.807, 2.05) is 27.7 Å². The summed E-state index contributed by atoms with van der Waals surface area (Å²) in [6.07, 6.45) is 0.766. The van der Waals surface area contributed by atoms with Crippen molar-refractivity contribution in [2.24, 2.45) is 0 Å². The second-order valence-electron chi connectivity index (χ2n) is 2.23. The van der Waals surface area contributed by atoms with Gasteiger partial charge in [0.15, 0.2) is 11.5 Å². The van der Waals surface area contributed by atoms with Gasteiger partial charge in [0.05, 0.1) is 14.2 Å². The van der Waals surface area contributed by atoms with Gasteiger partial charge in [0.2, 0.25) is 0 Å². The maximum atomic E-state index is 10.4. The lowest BCUT2D eigenvalue weighted by Crippen LogP contribution is -1.91. The molecule has 0 aliphatic rings. The van der Waals surface area contributed by atoms with Gasteiger partial charge in [-0.1, -0.05) is 27.7 Å². The Bertz CT molecular complexity index is 283. The molecule has 1 aromatic rings. The molecule has 0 aliphatic carbocycles. The zero-order chi connectivity index (χ0) is 13.0. The third-order valence-electron chi connectivity index (χ3n) is 1.54. The Balaban J connectivity index is 0.